The number of carbonyl (C=O) groups excluding carboxylic acids is 1. The predicted molar refractivity (Wildman–Crippen MR) is 107 cm³/mol. The largest absolute Gasteiger partial charge is 0.497 e. The quantitative estimate of drug-likeness (QED) is 0.256. The number of rotatable bonds is 5. The van der Waals surface area contributed by atoms with E-state index < -0.39 is 5.97 Å². The SMILES string of the molecule is COC(=O)c1cc(-c2ccc(OC)cc2)nc(-c2ccc(C)cc2)c1N=[N+]=[N-]. The molecular formula is C21H18N4O3. The van der Waals surface area contributed by atoms with Crippen LogP contribution in [0.1, 0.15) is 15.9 Å². The van der Waals surface area contributed by atoms with Crippen molar-refractivity contribution in [3.8, 4) is 28.3 Å². The van der Waals surface area contributed by atoms with Crippen LogP contribution in [0, 0.1) is 6.92 Å². The molecule has 0 aliphatic heterocycles. The normalized spacial score (nSPS) is 10.1. The lowest BCUT2D eigenvalue weighted by Crippen LogP contribution is -2.04. The number of esters is 1. The summed E-state index contributed by atoms with van der Waals surface area (Å²) >= 11 is 0. The van der Waals surface area contributed by atoms with Gasteiger partial charge in [-0.05, 0) is 42.8 Å². The Morgan fingerprint density at radius 3 is 2.25 bits per heavy atom. The fourth-order valence-electron chi connectivity index (χ4n) is 2.77. The number of hydrogen-bond donors (Lipinski definition) is 0. The summed E-state index contributed by atoms with van der Waals surface area (Å²) in [6.45, 7) is 1.97. The van der Waals surface area contributed by atoms with Crippen molar-refractivity contribution in [3.63, 3.8) is 0 Å². The number of nitrogens with zero attached hydrogens (tertiary/aromatic N) is 4. The molecule has 3 rings (SSSR count). The Balaban J connectivity index is 2.29. The average Bonchev–Trinajstić information content (AvgIpc) is 2.74. The van der Waals surface area contributed by atoms with Gasteiger partial charge in [-0.3, -0.25) is 0 Å². The van der Waals surface area contributed by atoms with Crippen LogP contribution in [-0.4, -0.2) is 25.2 Å². The molecule has 0 spiro atoms. The maximum Gasteiger partial charge on any atom is 0.338 e. The Kier molecular flexibility index (Phi) is 5.58. The van der Waals surface area contributed by atoms with Crippen LogP contribution in [0.3, 0.4) is 0 Å². The highest BCUT2D eigenvalue weighted by Gasteiger charge is 2.20. The summed E-state index contributed by atoms with van der Waals surface area (Å²) < 4.78 is 10.1. The van der Waals surface area contributed by atoms with Gasteiger partial charge in [0.25, 0.3) is 0 Å². The monoisotopic (exact) mass is 374 g/mol. The lowest BCUT2D eigenvalue weighted by Gasteiger charge is -2.13. The van der Waals surface area contributed by atoms with Crippen LogP contribution < -0.4 is 4.74 Å². The first kappa shape index (κ1) is 18.9. The molecule has 3 aromatic rings. The summed E-state index contributed by atoms with van der Waals surface area (Å²) in [5.41, 5.74) is 12.9. The Hall–Kier alpha value is -3.83. The van der Waals surface area contributed by atoms with Gasteiger partial charge in [0, 0.05) is 16.0 Å². The molecule has 0 saturated carbocycles. The van der Waals surface area contributed by atoms with E-state index in [0.29, 0.717) is 17.1 Å². The second-order valence-electron chi connectivity index (χ2n) is 6.03. The van der Waals surface area contributed by atoms with Crippen molar-refractivity contribution in [2.24, 2.45) is 5.11 Å². The molecule has 0 bridgehead atoms. The molecule has 7 heteroatoms. The number of aryl methyl sites for hydroxylation is 1. The molecule has 7 nitrogen and oxygen atoms in total. The van der Waals surface area contributed by atoms with Gasteiger partial charge in [-0.2, -0.15) is 0 Å². The molecular weight excluding hydrogens is 356 g/mol. The van der Waals surface area contributed by atoms with Crippen molar-refractivity contribution in [1.29, 1.82) is 0 Å². The zero-order valence-electron chi connectivity index (χ0n) is 15.7. The zero-order chi connectivity index (χ0) is 20.1. The van der Waals surface area contributed by atoms with Gasteiger partial charge in [0.2, 0.25) is 0 Å². The van der Waals surface area contributed by atoms with Gasteiger partial charge in [-0.15, -0.1) is 0 Å². The van der Waals surface area contributed by atoms with E-state index in [1.54, 1.807) is 13.2 Å². The maximum atomic E-state index is 12.4. The molecule has 0 aliphatic rings. The first-order valence-electron chi connectivity index (χ1n) is 8.47. The fraction of sp³-hybridized carbons (Fsp3) is 0.143. The van der Waals surface area contributed by atoms with Crippen LogP contribution in [0.25, 0.3) is 33.0 Å². The summed E-state index contributed by atoms with van der Waals surface area (Å²) in [4.78, 5) is 19.9. The van der Waals surface area contributed by atoms with Gasteiger partial charge >= 0.3 is 5.97 Å². The minimum atomic E-state index is -0.604. The number of azide groups is 1. The standard InChI is InChI=1S/C21H18N4O3/c1-13-4-6-15(7-5-13)19-20(24-25-22)17(21(26)28-3)12-18(23-19)14-8-10-16(27-2)11-9-14/h4-12H,1-3H3. The van der Waals surface area contributed by atoms with Crippen molar-refractivity contribution in [3.05, 3.63) is 76.2 Å². The number of hydrogen-bond acceptors (Lipinski definition) is 5. The smallest absolute Gasteiger partial charge is 0.338 e. The third kappa shape index (κ3) is 3.79. The van der Waals surface area contributed by atoms with Gasteiger partial charge < -0.3 is 9.47 Å². The molecule has 1 heterocycles. The van der Waals surface area contributed by atoms with Gasteiger partial charge in [0.05, 0.1) is 36.9 Å². The van der Waals surface area contributed by atoms with Crippen LogP contribution in [0.5, 0.6) is 5.75 Å². The van der Waals surface area contributed by atoms with Crippen molar-refractivity contribution >= 4 is 11.7 Å². The summed E-state index contributed by atoms with van der Waals surface area (Å²) in [6.07, 6.45) is 0. The number of methoxy groups -OCH3 is 2. The summed E-state index contributed by atoms with van der Waals surface area (Å²) in [5.74, 6) is 0.106. The second kappa shape index (κ2) is 8.24. The van der Waals surface area contributed by atoms with Crippen LogP contribution >= 0.6 is 0 Å². The van der Waals surface area contributed by atoms with Crippen LogP contribution in [0.15, 0.2) is 59.7 Å². The number of carbonyl (C=O) groups is 1. The lowest BCUT2D eigenvalue weighted by molar-refractivity contribution is 0.0601. The van der Waals surface area contributed by atoms with E-state index in [-0.39, 0.29) is 11.3 Å². The number of ether oxygens (including phenoxy) is 2. The Bertz CT molecular complexity index is 1050. The van der Waals surface area contributed by atoms with E-state index in [2.05, 4.69) is 15.0 Å². The van der Waals surface area contributed by atoms with E-state index in [1.807, 2.05) is 55.5 Å². The van der Waals surface area contributed by atoms with Gasteiger partial charge in [-0.1, -0.05) is 34.9 Å². The van der Waals surface area contributed by atoms with Crippen molar-refractivity contribution in [2.75, 3.05) is 14.2 Å². The Morgan fingerprint density at radius 1 is 1.04 bits per heavy atom. The molecule has 0 N–H and O–H groups in total. The first-order chi connectivity index (χ1) is 13.6. The van der Waals surface area contributed by atoms with Gasteiger partial charge in [-0.25, -0.2) is 9.78 Å². The van der Waals surface area contributed by atoms with Crippen LogP contribution in [-0.2, 0) is 4.74 Å². The number of pyridine rings is 1. The number of aromatic nitrogens is 1. The highest BCUT2D eigenvalue weighted by Crippen LogP contribution is 2.36. The average molecular weight is 374 g/mol. The molecule has 0 amide bonds. The van der Waals surface area contributed by atoms with E-state index in [0.717, 1.165) is 16.7 Å². The predicted octanol–water partition coefficient (Wildman–Crippen LogP) is 5.46. The molecule has 140 valence electrons. The van der Waals surface area contributed by atoms with Gasteiger partial charge in [0.1, 0.15) is 5.75 Å². The third-order valence-electron chi connectivity index (χ3n) is 4.25. The highest BCUT2D eigenvalue weighted by molar-refractivity contribution is 5.99. The van der Waals surface area contributed by atoms with E-state index in [4.69, 9.17) is 15.0 Å². The minimum absolute atomic E-state index is 0.135. The van der Waals surface area contributed by atoms with Crippen LogP contribution in [0.2, 0.25) is 0 Å². The Labute approximate surface area is 162 Å². The summed E-state index contributed by atoms with van der Waals surface area (Å²) in [5, 5.41) is 3.73. The molecule has 0 radical (unpaired) electrons. The molecule has 0 aliphatic carbocycles. The zero-order valence-corrected chi connectivity index (χ0v) is 15.7. The molecule has 0 unspecified atom stereocenters. The van der Waals surface area contributed by atoms with Crippen LogP contribution in [0.4, 0.5) is 5.69 Å². The maximum absolute atomic E-state index is 12.4. The molecule has 0 atom stereocenters. The van der Waals surface area contributed by atoms with Gasteiger partial charge in [0.15, 0.2) is 0 Å². The van der Waals surface area contributed by atoms with E-state index in [9.17, 15) is 4.79 Å². The molecule has 0 fully saturated rings. The Morgan fingerprint density at radius 2 is 1.68 bits per heavy atom. The highest BCUT2D eigenvalue weighted by atomic mass is 16.5. The van der Waals surface area contributed by atoms with Crippen molar-refractivity contribution < 1.29 is 14.3 Å². The minimum Gasteiger partial charge on any atom is -0.497 e. The summed E-state index contributed by atoms with van der Waals surface area (Å²) in [7, 11) is 2.87. The topological polar surface area (TPSA) is 97.2 Å². The second-order valence-corrected chi connectivity index (χ2v) is 6.03. The lowest BCUT2D eigenvalue weighted by atomic mass is 10.0. The molecule has 28 heavy (non-hydrogen) atoms. The van der Waals surface area contributed by atoms with Crippen molar-refractivity contribution in [1.82, 2.24) is 4.98 Å². The van der Waals surface area contributed by atoms with Crippen molar-refractivity contribution in [2.45, 2.75) is 6.92 Å². The van der Waals surface area contributed by atoms with E-state index >= 15 is 0 Å². The first-order valence-corrected chi connectivity index (χ1v) is 8.47. The fourth-order valence-corrected chi connectivity index (χ4v) is 2.77. The third-order valence-corrected chi connectivity index (χ3v) is 4.25. The van der Waals surface area contributed by atoms with E-state index in [1.165, 1.54) is 7.11 Å². The molecule has 1 aromatic heterocycles. The molecule has 0 saturated heterocycles. The molecule has 2 aromatic carbocycles. The number of benzene rings is 2. The summed E-state index contributed by atoms with van der Waals surface area (Å²) in [6, 6.07) is 16.4.